The van der Waals surface area contributed by atoms with Crippen LogP contribution < -0.4 is 5.32 Å². The van der Waals surface area contributed by atoms with Gasteiger partial charge in [-0.15, -0.1) is 11.8 Å². The van der Waals surface area contributed by atoms with E-state index in [1.807, 2.05) is 0 Å². The number of thioether (sulfide) groups is 1. The van der Waals surface area contributed by atoms with E-state index >= 15 is 0 Å². The van der Waals surface area contributed by atoms with Gasteiger partial charge in [-0.05, 0) is 23.8 Å². The van der Waals surface area contributed by atoms with Crippen molar-refractivity contribution < 1.29 is 18.9 Å². The minimum absolute atomic E-state index is 0.0772. The van der Waals surface area contributed by atoms with E-state index in [9.17, 15) is 24.1 Å². The van der Waals surface area contributed by atoms with E-state index in [0.29, 0.717) is 11.3 Å². The van der Waals surface area contributed by atoms with Crippen LogP contribution >= 0.6 is 11.8 Å². The number of halogens is 1. The van der Waals surface area contributed by atoms with Crippen molar-refractivity contribution in [3.63, 3.8) is 0 Å². The summed E-state index contributed by atoms with van der Waals surface area (Å²) in [5, 5.41) is 13.0. The van der Waals surface area contributed by atoms with E-state index in [2.05, 4.69) is 5.32 Å². The predicted molar refractivity (Wildman–Crippen MR) is 95.0 cm³/mol. The topological polar surface area (TPSA) is 92.5 Å². The molecule has 2 aromatic rings. The van der Waals surface area contributed by atoms with Gasteiger partial charge in [0.15, 0.2) is 0 Å². The van der Waals surface area contributed by atoms with Crippen LogP contribution in [0.3, 0.4) is 0 Å². The second-order valence-electron chi connectivity index (χ2n) is 5.60. The van der Waals surface area contributed by atoms with Gasteiger partial charge in [-0.25, -0.2) is 4.39 Å². The van der Waals surface area contributed by atoms with Gasteiger partial charge in [-0.3, -0.25) is 19.7 Å². The SMILES string of the molecule is O=C(CN1C(=O)CS[C@@H]1c1cccc([N+](=O)[O-])c1)Nc1cccc(F)c1. The number of nitrogens with one attached hydrogen (secondary N) is 1. The van der Waals surface area contributed by atoms with E-state index in [0.717, 1.165) is 0 Å². The zero-order valence-corrected chi connectivity index (χ0v) is 14.2. The molecule has 2 aromatic carbocycles. The molecule has 0 saturated carbocycles. The lowest BCUT2D eigenvalue weighted by Gasteiger charge is -2.23. The number of anilines is 1. The van der Waals surface area contributed by atoms with Gasteiger partial charge < -0.3 is 10.2 Å². The Labute approximate surface area is 152 Å². The lowest BCUT2D eigenvalue weighted by atomic mass is 10.2. The van der Waals surface area contributed by atoms with Crippen LogP contribution in [0, 0.1) is 15.9 Å². The Balaban J connectivity index is 1.74. The fourth-order valence-electron chi connectivity index (χ4n) is 2.61. The molecule has 1 N–H and O–H groups in total. The summed E-state index contributed by atoms with van der Waals surface area (Å²) in [6, 6.07) is 11.4. The van der Waals surface area contributed by atoms with Crippen LogP contribution in [0.2, 0.25) is 0 Å². The van der Waals surface area contributed by atoms with Crippen molar-refractivity contribution in [1.82, 2.24) is 4.90 Å². The molecule has 7 nitrogen and oxygen atoms in total. The summed E-state index contributed by atoms with van der Waals surface area (Å²) >= 11 is 1.30. The van der Waals surface area contributed by atoms with Crippen LogP contribution in [0.5, 0.6) is 0 Å². The number of carbonyl (C=O) groups excluding carboxylic acids is 2. The smallest absolute Gasteiger partial charge is 0.269 e. The maximum atomic E-state index is 13.2. The molecule has 0 aliphatic carbocycles. The number of nitrogens with zero attached hydrogens (tertiary/aromatic N) is 2. The van der Waals surface area contributed by atoms with Gasteiger partial charge in [-0.1, -0.05) is 18.2 Å². The Bertz CT molecular complexity index is 877. The zero-order chi connectivity index (χ0) is 18.7. The largest absolute Gasteiger partial charge is 0.324 e. The minimum Gasteiger partial charge on any atom is -0.324 e. The summed E-state index contributed by atoms with van der Waals surface area (Å²) in [6.45, 7) is -0.226. The van der Waals surface area contributed by atoms with E-state index < -0.39 is 22.0 Å². The first-order valence-corrected chi connectivity index (χ1v) is 8.70. The molecule has 0 bridgehead atoms. The number of nitro groups is 1. The standard InChI is InChI=1S/C17H14FN3O4S/c18-12-4-2-5-13(8-12)19-15(22)9-20-16(23)10-26-17(20)11-3-1-6-14(7-11)21(24)25/h1-8,17H,9-10H2,(H,19,22)/t17-/m1/s1. The molecule has 1 heterocycles. The highest BCUT2D eigenvalue weighted by Gasteiger charge is 2.34. The molecule has 0 spiro atoms. The number of hydrogen-bond acceptors (Lipinski definition) is 5. The average Bonchev–Trinajstić information content (AvgIpc) is 2.95. The van der Waals surface area contributed by atoms with E-state index in [1.54, 1.807) is 18.2 Å². The highest BCUT2D eigenvalue weighted by molar-refractivity contribution is 8.00. The Hall–Kier alpha value is -2.94. The van der Waals surface area contributed by atoms with E-state index in [1.165, 1.54) is 47.0 Å². The molecule has 26 heavy (non-hydrogen) atoms. The second kappa shape index (κ2) is 7.52. The van der Waals surface area contributed by atoms with Crippen molar-refractivity contribution in [2.24, 2.45) is 0 Å². The van der Waals surface area contributed by atoms with Gasteiger partial charge in [0.1, 0.15) is 17.7 Å². The number of carbonyl (C=O) groups is 2. The fraction of sp³-hybridized carbons (Fsp3) is 0.176. The summed E-state index contributed by atoms with van der Waals surface area (Å²) in [6.07, 6.45) is 0. The molecule has 1 saturated heterocycles. The number of hydrogen-bond donors (Lipinski definition) is 1. The summed E-state index contributed by atoms with van der Waals surface area (Å²) < 4.78 is 13.2. The minimum atomic E-state index is -0.508. The maximum absolute atomic E-state index is 13.2. The van der Waals surface area contributed by atoms with Crippen molar-refractivity contribution in [3.05, 3.63) is 70.0 Å². The number of benzene rings is 2. The third kappa shape index (κ3) is 3.99. The lowest BCUT2D eigenvalue weighted by Crippen LogP contribution is -2.36. The first-order valence-electron chi connectivity index (χ1n) is 7.65. The fourth-order valence-corrected chi connectivity index (χ4v) is 3.79. The molecule has 9 heteroatoms. The molecule has 2 amide bonds. The summed E-state index contributed by atoms with van der Waals surface area (Å²) in [7, 11) is 0. The van der Waals surface area contributed by atoms with Gasteiger partial charge in [0.25, 0.3) is 5.69 Å². The number of rotatable bonds is 5. The van der Waals surface area contributed by atoms with Gasteiger partial charge in [0.05, 0.1) is 10.7 Å². The molecule has 0 radical (unpaired) electrons. The van der Waals surface area contributed by atoms with Crippen LogP contribution in [0.1, 0.15) is 10.9 Å². The Morgan fingerprint density at radius 2 is 2.08 bits per heavy atom. The van der Waals surface area contributed by atoms with Crippen molar-refractivity contribution in [2.45, 2.75) is 5.37 Å². The van der Waals surface area contributed by atoms with Crippen LogP contribution in [0.25, 0.3) is 0 Å². The third-order valence-electron chi connectivity index (χ3n) is 3.76. The molecule has 1 aliphatic heterocycles. The van der Waals surface area contributed by atoms with E-state index in [-0.39, 0.29) is 23.9 Å². The number of non-ortho nitro benzene ring substituents is 1. The van der Waals surface area contributed by atoms with Gasteiger partial charge in [-0.2, -0.15) is 0 Å². The predicted octanol–water partition coefficient (Wildman–Crippen LogP) is 2.95. The second-order valence-corrected chi connectivity index (χ2v) is 6.66. The monoisotopic (exact) mass is 375 g/mol. The van der Waals surface area contributed by atoms with Crippen molar-refractivity contribution >= 4 is 35.0 Å². The molecular formula is C17H14FN3O4S. The molecule has 1 aliphatic rings. The zero-order valence-electron chi connectivity index (χ0n) is 13.4. The van der Waals surface area contributed by atoms with Crippen LogP contribution in [-0.2, 0) is 9.59 Å². The summed E-state index contributed by atoms with van der Waals surface area (Å²) in [5.41, 5.74) is 0.793. The first-order chi connectivity index (χ1) is 12.4. The molecule has 134 valence electrons. The van der Waals surface area contributed by atoms with Gasteiger partial charge in [0, 0.05) is 17.8 Å². The average molecular weight is 375 g/mol. The highest BCUT2D eigenvalue weighted by Crippen LogP contribution is 2.39. The maximum Gasteiger partial charge on any atom is 0.269 e. The van der Waals surface area contributed by atoms with Gasteiger partial charge >= 0.3 is 0 Å². The van der Waals surface area contributed by atoms with Crippen molar-refractivity contribution in [3.8, 4) is 0 Å². The van der Waals surface area contributed by atoms with Crippen LogP contribution in [0.4, 0.5) is 15.8 Å². The van der Waals surface area contributed by atoms with Crippen LogP contribution in [-0.4, -0.2) is 33.9 Å². The quantitative estimate of drug-likeness (QED) is 0.641. The molecule has 0 unspecified atom stereocenters. The first kappa shape index (κ1) is 17.9. The molecule has 1 fully saturated rings. The Morgan fingerprint density at radius 1 is 1.31 bits per heavy atom. The lowest BCUT2D eigenvalue weighted by molar-refractivity contribution is -0.384. The molecular weight excluding hydrogens is 361 g/mol. The normalized spacial score (nSPS) is 16.6. The molecule has 1 atom stereocenters. The molecule has 3 rings (SSSR count). The van der Waals surface area contributed by atoms with Gasteiger partial charge in [0.2, 0.25) is 11.8 Å². The van der Waals surface area contributed by atoms with Crippen LogP contribution in [0.15, 0.2) is 48.5 Å². The van der Waals surface area contributed by atoms with Crippen molar-refractivity contribution in [1.29, 1.82) is 0 Å². The Kier molecular flexibility index (Phi) is 5.17. The Morgan fingerprint density at radius 3 is 2.81 bits per heavy atom. The van der Waals surface area contributed by atoms with Crippen molar-refractivity contribution in [2.75, 3.05) is 17.6 Å². The van der Waals surface area contributed by atoms with E-state index in [4.69, 9.17) is 0 Å². The third-order valence-corrected chi connectivity index (χ3v) is 5.01. The number of amides is 2. The highest BCUT2D eigenvalue weighted by atomic mass is 32.2. The summed E-state index contributed by atoms with van der Waals surface area (Å²) in [4.78, 5) is 36.2. The molecule has 0 aromatic heterocycles. The summed E-state index contributed by atoms with van der Waals surface area (Å²) in [5.74, 6) is -1.01. The number of nitro benzene ring substituents is 1.